The fraction of sp³-hybridized carbons (Fsp3) is 0.263. The average molecular weight is 437 g/mol. The highest BCUT2D eigenvalue weighted by Gasteiger charge is 2.14. The Morgan fingerprint density at radius 2 is 1.96 bits per heavy atom. The van der Waals surface area contributed by atoms with Crippen molar-refractivity contribution in [3.05, 3.63) is 64.1 Å². The van der Waals surface area contributed by atoms with Gasteiger partial charge in [0.25, 0.3) is 5.91 Å². The van der Waals surface area contributed by atoms with Crippen molar-refractivity contribution in [2.75, 3.05) is 19.8 Å². The fourth-order valence-electron chi connectivity index (χ4n) is 2.22. The Labute approximate surface area is 166 Å². The van der Waals surface area contributed by atoms with Gasteiger partial charge in [0.05, 0.1) is 12.2 Å². The van der Waals surface area contributed by atoms with Crippen molar-refractivity contribution in [2.24, 2.45) is 0 Å². The molecule has 0 atom stereocenters. The van der Waals surface area contributed by atoms with Gasteiger partial charge >= 0.3 is 0 Å². The summed E-state index contributed by atoms with van der Waals surface area (Å²) in [5, 5.41) is 14.5. The maximum absolute atomic E-state index is 12.5. The van der Waals surface area contributed by atoms with Crippen LogP contribution in [0.25, 0.3) is 0 Å². The van der Waals surface area contributed by atoms with Crippen LogP contribution in [0.1, 0.15) is 22.3 Å². The van der Waals surface area contributed by atoms with Crippen LogP contribution in [0.5, 0.6) is 5.75 Å². The molecule has 2 aromatic rings. The van der Waals surface area contributed by atoms with E-state index in [1.807, 2.05) is 36.4 Å². The second-order valence-electron chi connectivity index (χ2n) is 5.51. The van der Waals surface area contributed by atoms with E-state index in [9.17, 15) is 4.79 Å². The Morgan fingerprint density at radius 3 is 2.69 bits per heavy atom. The Bertz CT molecular complexity index is 741. The number of carbonyl (C=O) groups is 1. The number of nitrogens with one attached hydrogen (secondary N) is 2. The van der Waals surface area contributed by atoms with Gasteiger partial charge in [-0.3, -0.25) is 10.1 Å². The molecule has 0 aromatic heterocycles. The van der Waals surface area contributed by atoms with E-state index in [4.69, 9.17) is 22.1 Å². The summed E-state index contributed by atoms with van der Waals surface area (Å²) in [5.41, 5.74) is 1.57. The van der Waals surface area contributed by atoms with E-state index in [0.29, 0.717) is 30.9 Å². The second-order valence-corrected chi connectivity index (χ2v) is 6.84. The number of rotatable bonds is 8. The second kappa shape index (κ2) is 10.9. The van der Waals surface area contributed by atoms with Gasteiger partial charge in [0, 0.05) is 24.0 Å². The first-order valence-corrected chi connectivity index (χ1v) is 9.46. The molecule has 7 heteroatoms. The number of aliphatic hydroxyl groups is 1. The lowest BCUT2D eigenvalue weighted by Gasteiger charge is -2.13. The predicted molar refractivity (Wildman–Crippen MR) is 110 cm³/mol. The molecule has 0 fully saturated rings. The van der Waals surface area contributed by atoms with E-state index in [1.54, 1.807) is 12.1 Å². The molecule has 26 heavy (non-hydrogen) atoms. The van der Waals surface area contributed by atoms with E-state index in [1.165, 1.54) is 5.56 Å². The number of benzene rings is 2. The van der Waals surface area contributed by atoms with E-state index in [-0.39, 0.29) is 17.6 Å². The van der Waals surface area contributed by atoms with Crippen molar-refractivity contribution in [3.8, 4) is 5.75 Å². The molecule has 0 radical (unpaired) electrons. The zero-order chi connectivity index (χ0) is 18.8. The summed E-state index contributed by atoms with van der Waals surface area (Å²) in [4.78, 5) is 12.5. The third-order valence-electron chi connectivity index (χ3n) is 3.52. The summed E-state index contributed by atoms with van der Waals surface area (Å²) in [6, 6.07) is 15.3. The van der Waals surface area contributed by atoms with Crippen molar-refractivity contribution in [1.29, 1.82) is 0 Å². The van der Waals surface area contributed by atoms with Crippen LogP contribution in [0, 0.1) is 0 Å². The minimum Gasteiger partial charge on any atom is -0.492 e. The highest BCUT2D eigenvalue weighted by Crippen LogP contribution is 2.23. The Morgan fingerprint density at radius 1 is 1.19 bits per heavy atom. The molecule has 0 aliphatic rings. The van der Waals surface area contributed by atoms with Crippen LogP contribution < -0.4 is 15.4 Å². The lowest BCUT2D eigenvalue weighted by atomic mass is 10.1. The van der Waals surface area contributed by atoms with Gasteiger partial charge in [-0.05, 0) is 42.4 Å². The minimum absolute atomic E-state index is 0.0641. The number of aliphatic hydroxyl groups excluding tert-OH is 1. The number of amides is 1. The standard InChI is InChI=1S/C19H21BrN2O3S/c20-15-7-8-17(25-12-9-14-5-2-1-3-6-14)16(13-15)18(24)22-19(26)21-10-4-11-23/h1-3,5-8,13,23H,4,9-12H2,(H2,21,22,24,26). The van der Waals surface area contributed by atoms with Crippen LogP contribution in [0.4, 0.5) is 0 Å². The van der Waals surface area contributed by atoms with E-state index >= 15 is 0 Å². The van der Waals surface area contributed by atoms with Crippen molar-refractivity contribution >= 4 is 39.2 Å². The highest BCUT2D eigenvalue weighted by atomic mass is 79.9. The molecule has 0 saturated heterocycles. The van der Waals surface area contributed by atoms with Crippen molar-refractivity contribution in [3.63, 3.8) is 0 Å². The maximum Gasteiger partial charge on any atom is 0.261 e. The topological polar surface area (TPSA) is 70.6 Å². The molecule has 0 bridgehead atoms. The largest absolute Gasteiger partial charge is 0.492 e. The SMILES string of the molecule is O=C(NC(=S)NCCCO)c1cc(Br)ccc1OCCc1ccccc1. The molecule has 5 nitrogen and oxygen atoms in total. The number of ether oxygens (including phenoxy) is 1. The molecule has 1 amide bonds. The van der Waals surface area contributed by atoms with E-state index in [2.05, 4.69) is 26.6 Å². The quantitative estimate of drug-likeness (QED) is 0.438. The first-order valence-electron chi connectivity index (χ1n) is 8.26. The van der Waals surface area contributed by atoms with Crippen LogP contribution in [-0.2, 0) is 6.42 Å². The number of halogens is 1. The lowest BCUT2D eigenvalue weighted by Crippen LogP contribution is -2.39. The Hall–Kier alpha value is -1.96. The average Bonchev–Trinajstić information content (AvgIpc) is 2.64. The number of hydrogen-bond acceptors (Lipinski definition) is 4. The summed E-state index contributed by atoms with van der Waals surface area (Å²) in [6.07, 6.45) is 1.31. The molecule has 0 aliphatic heterocycles. The van der Waals surface area contributed by atoms with Gasteiger partial charge in [0.1, 0.15) is 5.75 Å². The van der Waals surface area contributed by atoms with Crippen LogP contribution in [0.15, 0.2) is 53.0 Å². The van der Waals surface area contributed by atoms with E-state index in [0.717, 1.165) is 10.9 Å². The zero-order valence-corrected chi connectivity index (χ0v) is 16.6. The molecular formula is C19H21BrN2O3S. The molecule has 0 saturated carbocycles. The first-order chi connectivity index (χ1) is 12.6. The predicted octanol–water partition coefficient (Wildman–Crippen LogP) is 3.06. The molecule has 0 heterocycles. The Balaban J connectivity index is 1.97. The van der Waals surface area contributed by atoms with E-state index < -0.39 is 0 Å². The summed E-state index contributed by atoms with van der Waals surface area (Å²) in [5.74, 6) is 0.155. The molecule has 0 spiro atoms. The van der Waals surface area contributed by atoms with Gasteiger partial charge in [-0.1, -0.05) is 46.3 Å². The van der Waals surface area contributed by atoms with Gasteiger partial charge in [0.2, 0.25) is 0 Å². The lowest BCUT2D eigenvalue weighted by molar-refractivity contribution is 0.0972. The first kappa shape index (κ1) is 20.4. The summed E-state index contributed by atoms with van der Waals surface area (Å²) in [7, 11) is 0. The minimum atomic E-state index is -0.345. The summed E-state index contributed by atoms with van der Waals surface area (Å²) >= 11 is 8.47. The summed E-state index contributed by atoms with van der Waals surface area (Å²) < 4.78 is 6.59. The van der Waals surface area contributed by atoms with Gasteiger partial charge in [-0.25, -0.2) is 0 Å². The maximum atomic E-state index is 12.5. The molecule has 2 aromatic carbocycles. The molecule has 3 N–H and O–H groups in total. The number of thiocarbonyl (C=S) groups is 1. The van der Waals surface area contributed by atoms with Crippen molar-refractivity contribution in [2.45, 2.75) is 12.8 Å². The smallest absolute Gasteiger partial charge is 0.261 e. The number of hydrogen-bond donors (Lipinski definition) is 3. The van der Waals surface area contributed by atoms with Gasteiger partial charge in [-0.2, -0.15) is 0 Å². The highest BCUT2D eigenvalue weighted by molar-refractivity contribution is 9.10. The Kier molecular flexibility index (Phi) is 8.53. The number of carbonyl (C=O) groups excluding carboxylic acids is 1. The van der Waals surface area contributed by atoms with Crippen LogP contribution in [0.3, 0.4) is 0 Å². The van der Waals surface area contributed by atoms with Crippen LogP contribution in [-0.4, -0.2) is 35.9 Å². The molecule has 138 valence electrons. The molecule has 2 rings (SSSR count). The monoisotopic (exact) mass is 436 g/mol. The third kappa shape index (κ3) is 6.74. The molecular weight excluding hydrogens is 416 g/mol. The van der Waals surface area contributed by atoms with Crippen LogP contribution >= 0.6 is 28.1 Å². The summed E-state index contributed by atoms with van der Waals surface area (Å²) in [6.45, 7) is 1.02. The van der Waals surface area contributed by atoms with Crippen molar-refractivity contribution < 1.29 is 14.6 Å². The zero-order valence-electron chi connectivity index (χ0n) is 14.2. The van der Waals surface area contributed by atoms with Gasteiger partial charge in [-0.15, -0.1) is 0 Å². The molecule has 0 aliphatic carbocycles. The van der Waals surface area contributed by atoms with Crippen molar-refractivity contribution in [1.82, 2.24) is 10.6 Å². The normalized spacial score (nSPS) is 10.2. The third-order valence-corrected chi connectivity index (χ3v) is 4.26. The van der Waals surface area contributed by atoms with Gasteiger partial charge < -0.3 is 15.2 Å². The van der Waals surface area contributed by atoms with Gasteiger partial charge in [0.15, 0.2) is 5.11 Å². The fourth-order valence-corrected chi connectivity index (χ4v) is 2.78. The van der Waals surface area contributed by atoms with Crippen LogP contribution in [0.2, 0.25) is 0 Å². The molecule has 0 unspecified atom stereocenters.